The van der Waals surface area contributed by atoms with Gasteiger partial charge >= 0.3 is 0 Å². The molecule has 0 aliphatic rings. The second-order valence-corrected chi connectivity index (χ2v) is 4.09. The van der Waals surface area contributed by atoms with E-state index in [1.807, 2.05) is 36.4 Å². The number of aryl methyl sites for hydroxylation is 1. The van der Waals surface area contributed by atoms with Crippen LogP contribution in [0.25, 0.3) is 0 Å². The maximum Gasteiger partial charge on any atom is 0.120 e. The zero-order valence-corrected chi connectivity index (χ0v) is 11.4. The number of anilines is 3. The molecule has 0 fully saturated rings. The van der Waals surface area contributed by atoms with Gasteiger partial charge in [0.2, 0.25) is 0 Å². The smallest absolute Gasteiger partial charge is 0.120 e. The molecule has 0 radical (unpaired) electrons. The summed E-state index contributed by atoms with van der Waals surface area (Å²) in [7, 11) is 1.62. The fourth-order valence-corrected chi connectivity index (χ4v) is 1.57. The van der Waals surface area contributed by atoms with Gasteiger partial charge in [0.05, 0.1) is 7.11 Å². The van der Waals surface area contributed by atoms with Crippen LogP contribution in [0.2, 0.25) is 0 Å². The first kappa shape index (κ1) is 14.7. The third-order valence-electron chi connectivity index (χ3n) is 2.64. The van der Waals surface area contributed by atoms with Crippen molar-refractivity contribution >= 4 is 17.1 Å². The highest BCUT2D eigenvalue weighted by atomic mass is 16.5. The van der Waals surface area contributed by atoms with Crippen molar-refractivity contribution in [2.24, 2.45) is 0 Å². The van der Waals surface area contributed by atoms with E-state index in [-0.39, 0.29) is 0 Å². The Balaban J connectivity index is 0.000000191. The molecule has 4 nitrogen and oxygen atoms in total. The Labute approximate surface area is 114 Å². The first-order valence-corrected chi connectivity index (χ1v) is 6.10. The summed E-state index contributed by atoms with van der Waals surface area (Å²) in [6, 6.07) is 12.9. The lowest BCUT2D eigenvalue weighted by Gasteiger charge is -2.02. The number of rotatable bonds is 2. The molecule has 0 spiro atoms. The van der Waals surface area contributed by atoms with E-state index in [4.69, 9.17) is 21.9 Å². The van der Waals surface area contributed by atoms with Crippen LogP contribution in [0.5, 0.6) is 5.75 Å². The van der Waals surface area contributed by atoms with Gasteiger partial charge in [-0.15, -0.1) is 0 Å². The highest BCUT2D eigenvalue weighted by molar-refractivity contribution is 5.55. The van der Waals surface area contributed by atoms with Crippen molar-refractivity contribution in [3.8, 4) is 5.75 Å². The van der Waals surface area contributed by atoms with Gasteiger partial charge in [0.15, 0.2) is 0 Å². The molecule has 0 bridgehead atoms. The van der Waals surface area contributed by atoms with Crippen molar-refractivity contribution < 1.29 is 4.74 Å². The number of hydrogen-bond acceptors (Lipinski definition) is 4. The molecule has 19 heavy (non-hydrogen) atoms. The van der Waals surface area contributed by atoms with Crippen LogP contribution < -0.4 is 21.9 Å². The number of methoxy groups -OCH3 is 1. The first-order chi connectivity index (χ1) is 9.06. The molecular formula is C15H21N3O. The van der Waals surface area contributed by atoms with Crippen LogP contribution in [0.3, 0.4) is 0 Å². The summed E-state index contributed by atoms with van der Waals surface area (Å²) >= 11 is 0. The van der Waals surface area contributed by atoms with E-state index in [0.717, 1.165) is 34.8 Å². The molecule has 0 aromatic heterocycles. The topological polar surface area (TPSA) is 87.3 Å². The van der Waals surface area contributed by atoms with Crippen molar-refractivity contribution in [1.82, 2.24) is 0 Å². The predicted octanol–water partition coefficient (Wildman–Crippen LogP) is 2.69. The van der Waals surface area contributed by atoms with Gasteiger partial charge in [-0.25, -0.2) is 0 Å². The predicted molar refractivity (Wildman–Crippen MR) is 82.1 cm³/mol. The van der Waals surface area contributed by atoms with Crippen LogP contribution in [-0.2, 0) is 6.42 Å². The Morgan fingerprint density at radius 1 is 0.947 bits per heavy atom. The van der Waals surface area contributed by atoms with E-state index in [1.165, 1.54) is 0 Å². The second kappa shape index (κ2) is 7.16. The second-order valence-electron chi connectivity index (χ2n) is 4.09. The zero-order chi connectivity index (χ0) is 14.3. The molecule has 0 aliphatic heterocycles. The van der Waals surface area contributed by atoms with Crippen molar-refractivity contribution in [3.05, 3.63) is 48.0 Å². The summed E-state index contributed by atoms with van der Waals surface area (Å²) in [5.74, 6) is 0.801. The number of hydrogen-bond donors (Lipinski definition) is 3. The van der Waals surface area contributed by atoms with Gasteiger partial charge in [0.25, 0.3) is 0 Å². The van der Waals surface area contributed by atoms with E-state index in [2.05, 4.69) is 6.92 Å². The van der Waals surface area contributed by atoms with E-state index in [0.29, 0.717) is 0 Å². The molecule has 2 aromatic rings. The monoisotopic (exact) mass is 259 g/mol. The minimum absolute atomic E-state index is 0.731. The molecule has 4 heteroatoms. The standard InChI is InChI=1S/C8H12N2.C7H9NO/c1-2-6-5-7(9)3-4-8(6)10;1-9-7-4-2-3-6(8)5-7/h3-5H,2,9-10H2,1H3;2-5H,8H2,1H3. The molecule has 0 saturated heterocycles. The van der Waals surface area contributed by atoms with Crippen molar-refractivity contribution in [1.29, 1.82) is 0 Å². The Kier molecular flexibility index (Phi) is 5.54. The minimum Gasteiger partial charge on any atom is -0.497 e. The average Bonchev–Trinajstić information content (AvgIpc) is 2.42. The Hall–Kier alpha value is -2.36. The van der Waals surface area contributed by atoms with Gasteiger partial charge < -0.3 is 21.9 Å². The van der Waals surface area contributed by atoms with Crippen LogP contribution in [0.4, 0.5) is 17.1 Å². The quantitative estimate of drug-likeness (QED) is 0.724. The molecule has 0 aliphatic carbocycles. The van der Waals surface area contributed by atoms with E-state index in [9.17, 15) is 0 Å². The van der Waals surface area contributed by atoms with Crippen LogP contribution >= 0.6 is 0 Å². The fourth-order valence-electron chi connectivity index (χ4n) is 1.57. The van der Waals surface area contributed by atoms with E-state index < -0.39 is 0 Å². The lowest BCUT2D eigenvalue weighted by atomic mass is 10.1. The Morgan fingerprint density at radius 3 is 2.11 bits per heavy atom. The molecule has 0 saturated carbocycles. The maximum absolute atomic E-state index is 5.64. The first-order valence-electron chi connectivity index (χ1n) is 6.10. The zero-order valence-electron chi connectivity index (χ0n) is 11.4. The summed E-state index contributed by atoms with van der Waals surface area (Å²) in [6.45, 7) is 2.06. The van der Waals surface area contributed by atoms with Gasteiger partial charge in [-0.3, -0.25) is 0 Å². The maximum atomic E-state index is 5.64. The summed E-state index contributed by atoms with van der Waals surface area (Å²) in [4.78, 5) is 0. The average molecular weight is 259 g/mol. The number of nitrogen functional groups attached to an aromatic ring is 3. The summed E-state index contributed by atoms with van der Waals surface area (Å²) in [5.41, 5.74) is 20.1. The SMILES string of the molecule is CCc1cc(N)ccc1N.COc1cccc(N)c1. The summed E-state index contributed by atoms with van der Waals surface area (Å²) in [6.07, 6.45) is 0.941. The molecule has 0 atom stereocenters. The van der Waals surface area contributed by atoms with E-state index >= 15 is 0 Å². The molecule has 2 aromatic carbocycles. The van der Waals surface area contributed by atoms with Gasteiger partial charge in [-0.2, -0.15) is 0 Å². The largest absolute Gasteiger partial charge is 0.497 e. The van der Waals surface area contributed by atoms with Crippen LogP contribution in [0, 0.1) is 0 Å². The number of ether oxygens (including phenoxy) is 1. The Morgan fingerprint density at radius 2 is 1.63 bits per heavy atom. The lowest BCUT2D eigenvalue weighted by Crippen LogP contribution is -1.94. The Bertz CT molecular complexity index is 527. The number of nitrogens with two attached hydrogens (primary N) is 3. The van der Waals surface area contributed by atoms with Crippen LogP contribution in [-0.4, -0.2) is 7.11 Å². The summed E-state index contributed by atoms with van der Waals surface area (Å²) in [5, 5.41) is 0. The van der Waals surface area contributed by atoms with Crippen molar-refractivity contribution in [2.45, 2.75) is 13.3 Å². The molecular weight excluding hydrogens is 238 g/mol. The highest BCUT2D eigenvalue weighted by Crippen LogP contribution is 2.15. The van der Waals surface area contributed by atoms with Crippen LogP contribution in [0.1, 0.15) is 12.5 Å². The number of benzene rings is 2. The van der Waals surface area contributed by atoms with Gasteiger partial charge in [0.1, 0.15) is 5.75 Å². The third kappa shape index (κ3) is 4.79. The summed E-state index contributed by atoms with van der Waals surface area (Å²) < 4.78 is 4.92. The fraction of sp³-hybridized carbons (Fsp3) is 0.200. The highest BCUT2D eigenvalue weighted by Gasteiger charge is 1.94. The van der Waals surface area contributed by atoms with Gasteiger partial charge in [-0.05, 0) is 42.3 Å². The molecule has 0 unspecified atom stereocenters. The normalized spacial score (nSPS) is 9.37. The molecule has 2 rings (SSSR count). The lowest BCUT2D eigenvalue weighted by molar-refractivity contribution is 0.415. The minimum atomic E-state index is 0.731. The van der Waals surface area contributed by atoms with Crippen molar-refractivity contribution in [3.63, 3.8) is 0 Å². The van der Waals surface area contributed by atoms with Gasteiger partial charge in [-0.1, -0.05) is 13.0 Å². The molecule has 0 heterocycles. The molecule has 0 amide bonds. The van der Waals surface area contributed by atoms with E-state index in [1.54, 1.807) is 13.2 Å². The van der Waals surface area contributed by atoms with Gasteiger partial charge in [0, 0.05) is 23.1 Å². The molecule has 6 N–H and O–H groups in total. The molecule has 102 valence electrons. The van der Waals surface area contributed by atoms with Crippen molar-refractivity contribution in [2.75, 3.05) is 24.3 Å². The third-order valence-corrected chi connectivity index (χ3v) is 2.64. The van der Waals surface area contributed by atoms with Crippen LogP contribution in [0.15, 0.2) is 42.5 Å².